The number of hydrogen-bond acceptors (Lipinski definition) is 5. The second kappa shape index (κ2) is 5.44. The van der Waals surface area contributed by atoms with Crippen molar-refractivity contribution in [1.82, 2.24) is 0 Å². The Morgan fingerprint density at radius 2 is 1.76 bits per heavy atom. The van der Waals surface area contributed by atoms with Gasteiger partial charge in [-0.15, -0.1) is 0 Å². The summed E-state index contributed by atoms with van der Waals surface area (Å²) in [6, 6.07) is 0. The lowest BCUT2D eigenvalue weighted by atomic mass is 9.79. The predicted molar refractivity (Wildman–Crippen MR) is 74.1 cm³/mol. The van der Waals surface area contributed by atoms with E-state index in [1.807, 2.05) is 0 Å². The number of esters is 2. The average Bonchev–Trinajstić information content (AvgIpc) is 3.17. The number of ether oxygens (including phenoxy) is 3. The molecule has 3 rings (SSSR count). The molecule has 0 amide bonds. The first-order chi connectivity index (χ1) is 10.1. The van der Waals surface area contributed by atoms with E-state index in [-0.39, 0.29) is 17.9 Å². The van der Waals surface area contributed by atoms with Crippen LogP contribution in [0.4, 0.5) is 0 Å². The third-order valence-corrected chi connectivity index (χ3v) is 5.72. The van der Waals surface area contributed by atoms with Crippen LogP contribution in [0, 0.1) is 35.5 Å². The summed E-state index contributed by atoms with van der Waals surface area (Å²) in [6.45, 7) is 0. The monoisotopic (exact) mass is 294 g/mol. The highest BCUT2D eigenvalue weighted by Gasteiger charge is 2.63. The number of rotatable bonds is 4. The molecule has 5 nitrogen and oxygen atoms in total. The molecule has 0 saturated heterocycles. The molecule has 116 valence electrons. The summed E-state index contributed by atoms with van der Waals surface area (Å²) in [5.74, 6) is -0.358. The van der Waals surface area contributed by atoms with Gasteiger partial charge in [0.2, 0.25) is 0 Å². The smallest absolute Gasteiger partial charge is 0.320 e. The van der Waals surface area contributed by atoms with Crippen LogP contribution in [0.1, 0.15) is 12.8 Å². The Hall–Kier alpha value is -1.36. The van der Waals surface area contributed by atoms with Crippen LogP contribution >= 0.6 is 0 Å². The predicted octanol–water partition coefficient (Wildman–Crippen LogP) is 1.42. The average molecular weight is 294 g/mol. The van der Waals surface area contributed by atoms with Gasteiger partial charge in [0.1, 0.15) is 0 Å². The summed E-state index contributed by atoms with van der Waals surface area (Å²) in [5.41, 5.74) is 0. The van der Waals surface area contributed by atoms with Gasteiger partial charge >= 0.3 is 11.9 Å². The molecule has 0 aromatic carbocycles. The number of fused-ring (bicyclic) bond motifs is 5. The highest BCUT2D eigenvalue weighted by Crippen LogP contribution is 2.62. The summed E-state index contributed by atoms with van der Waals surface area (Å²) in [5, 5.41) is 0. The Morgan fingerprint density at radius 3 is 2.33 bits per heavy atom. The minimum absolute atomic E-state index is 0.0326. The van der Waals surface area contributed by atoms with Crippen LogP contribution in [-0.4, -0.2) is 39.4 Å². The van der Waals surface area contributed by atoms with E-state index in [0.717, 1.165) is 12.8 Å². The van der Waals surface area contributed by atoms with E-state index >= 15 is 0 Å². The first kappa shape index (κ1) is 14.6. The largest absolute Gasteiger partial charge is 0.468 e. The number of methoxy groups -OCH3 is 3. The summed E-state index contributed by atoms with van der Waals surface area (Å²) in [4.78, 5) is 24.3. The lowest BCUT2D eigenvalue weighted by Crippen LogP contribution is -2.38. The molecule has 0 aliphatic heterocycles. The van der Waals surface area contributed by atoms with Crippen molar-refractivity contribution in [1.29, 1.82) is 0 Å². The molecule has 0 aromatic heterocycles. The Bertz CT molecular complexity index is 455. The molecule has 2 fully saturated rings. The fourth-order valence-corrected chi connectivity index (χ4v) is 5.04. The second-order valence-electron chi connectivity index (χ2n) is 6.26. The minimum atomic E-state index is -0.825. The van der Waals surface area contributed by atoms with Gasteiger partial charge in [0.05, 0.1) is 20.3 Å². The summed E-state index contributed by atoms with van der Waals surface area (Å²) >= 11 is 0. The zero-order valence-electron chi connectivity index (χ0n) is 12.7. The second-order valence-corrected chi connectivity index (χ2v) is 6.26. The van der Waals surface area contributed by atoms with Crippen LogP contribution in [0.3, 0.4) is 0 Å². The fraction of sp³-hybridized carbons (Fsp3) is 0.750. The van der Waals surface area contributed by atoms with Gasteiger partial charge in [-0.2, -0.15) is 0 Å². The van der Waals surface area contributed by atoms with Crippen LogP contribution in [0.5, 0.6) is 0 Å². The first-order valence-corrected chi connectivity index (χ1v) is 7.49. The Kier molecular flexibility index (Phi) is 3.78. The SMILES string of the molecule is COC(=O)C(C(=O)OC)[C@H]1[C@H]2C[C@@H](OC)[C@@H]1[C@H]1CC=C[C@@H]21. The maximum Gasteiger partial charge on any atom is 0.320 e. The molecule has 0 spiro atoms. The topological polar surface area (TPSA) is 61.8 Å². The van der Waals surface area contributed by atoms with Crippen molar-refractivity contribution in [2.75, 3.05) is 21.3 Å². The molecule has 5 heteroatoms. The lowest BCUT2D eigenvalue weighted by molar-refractivity contribution is -0.163. The zero-order chi connectivity index (χ0) is 15.1. The molecule has 6 atom stereocenters. The molecule has 3 aliphatic carbocycles. The van der Waals surface area contributed by atoms with Crippen LogP contribution in [-0.2, 0) is 23.8 Å². The number of hydrogen-bond donors (Lipinski definition) is 0. The highest BCUT2D eigenvalue weighted by atomic mass is 16.5. The zero-order valence-corrected chi connectivity index (χ0v) is 12.7. The normalized spacial score (nSPS) is 39.6. The Morgan fingerprint density at radius 1 is 1.10 bits per heavy atom. The molecule has 0 unspecified atom stereocenters. The van der Waals surface area contributed by atoms with Crippen molar-refractivity contribution >= 4 is 11.9 Å². The van der Waals surface area contributed by atoms with Crippen LogP contribution in [0.25, 0.3) is 0 Å². The maximum absolute atomic E-state index is 12.2. The molecule has 0 radical (unpaired) electrons. The van der Waals surface area contributed by atoms with E-state index < -0.39 is 17.9 Å². The standard InChI is InChI=1S/C16H22O5/c1-19-11-7-10-8-5-4-6-9(8)12(11)13(10)14(15(17)20-2)16(18)21-3/h4-5,8-14H,6-7H2,1-3H3/t8-,9+,10+,11-,12+,13+/m1/s1. The van der Waals surface area contributed by atoms with E-state index in [4.69, 9.17) is 14.2 Å². The lowest BCUT2D eigenvalue weighted by Gasteiger charge is -2.30. The molecular weight excluding hydrogens is 272 g/mol. The third-order valence-electron chi connectivity index (χ3n) is 5.72. The van der Waals surface area contributed by atoms with E-state index in [1.165, 1.54) is 14.2 Å². The first-order valence-electron chi connectivity index (χ1n) is 7.49. The molecule has 21 heavy (non-hydrogen) atoms. The molecule has 2 saturated carbocycles. The van der Waals surface area contributed by atoms with Gasteiger partial charge in [-0.1, -0.05) is 12.2 Å². The van der Waals surface area contributed by atoms with Gasteiger partial charge in [-0.3, -0.25) is 9.59 Å². The van der Waals surface area contributed by atoms with Gasteiger partial charge in [-0.05, 0) is 42.4 Å². The van der Waals surface area contributed by atoms with Crippen LogP contribution < -0.4 is 0 Å². The third kappa shape index (κ3) is 2.01. The molecule has 2 bridgehead atoms. The highest BCUT2D eigenvalue weighted by molar-refractivity contribution is 5.95. The molecule has 0 heterocycles. The van der Waals surface area contributed by atoms with Gasteiger partial charge in [0.25, 0.3) is 0 Å². The molecule has 0 N–H and O–H groups in total. The Labute approximate surface area is 124 Å². The van der Waals surface area contributed by atoms with Crippen LogP contribution in [0.2, 0.25) is 0 Å². The van der Waals surface area contributed by atoms with E-state index in [2.05, 4.69) is 12.2 Å². The summed E-state index contributed by atoms with van der Waals surface area (Å²) in [6.07, 6.45) is 6.51. The van der Waals surface area contributed by atoms with Crippen molar-refractivity contribution in [3.8, 4) is 0 Å². The number of carbonyl (C=O) groups is 2. The molecular formula is C16H22O5. The van der Waals surface area contributed by atoms with Crippen molar-refractivity contribution in [2.24, 2.45) is 35.5 Å². The number of allylic oxidation sites excluding steroid dienone is 2. The van der Waals surface area contributed by atoms with Gasteiger partial charge in [-0.25, -0.2) is 0 Å². The molecule has 3 aliphatic rings. The maximum atomic E-state index is 12.2. The molecule has 0 aromatic rings. The Balaban J connectivity index is 1.94. The van der Waals surface area contributed by atoms with Crippen molar-refractivity contribution in [2.45, 2.75) is 18.9 Å². The van der Waals surface area contributed by atoms with Crippen molar-refractivity contribution in [3.63, 3.8) is 0 Å². The van der Waals surface area contributed by atoms with E-state index in [9.17, 15) is 9.59 Å². The fourth-order valence-electron chi connectivity index (χ4n) is 5.04. The van der Waals surface area contributed by atoms with Crippen LogP contribution in [0.15, 0.2) is 12.2 Å². The quantitative estimate of drug-likeness (QED) is 0.446. The van der Waals surface area contributed by atoms with E-state index in [1.54, 1.807) is 7.11 Å². The minimum Gasteiger partial charge on any atom is -0.468 e. The number of carbonyl (C=O) groups excluding carboxylic acids is 2. The van der Waals surface area contributed by atoms with Crippen molar-refractivity contribution < 1.29 is 23.8 Å². The van der Waals surface area contributed by atoms with Crippen molar-refractivity contribution in [3.05, 3.63) is 12.2 Å². The summed E-state index contributed by atoms with van der Waals surface area (Å²) < 4.78 is 15.4. The van der Waals surface area contributed by atoms with Gasteiger partial charge in [0.15, 0.2) is 5.92 Å². The van der Waals surface area contributed by atoms with E-state index in [0.29, 0.717) is 17.8 Å². The summed E-state index contributed by atoms with van der Waals surface area (Å²) in [7, 11) is 4.36. The van der Waals surface area contributed by atoms with Gasteiger partial charge in [0, 0.05) is 7.11 Å². The van der Waals surface area contributed by atoms with Gasteiger partial charge < -0.3 is 14.2 Å².